The second-order valence-electron chi connectivity index (χ2n) is 7.99. The van der Waals surface area contributed by atoms with E-state index in [1.165, 1.54) is 16.9 Å². The van der Waals surface area contributed by atoms with Crippen molar-refractivity contribution in [1.82, 2.24) is 14.5 Å². The van der Waals surface area contributed by atoms with Crippen molar-refractivity contribution >= 4 is 27.5 Å². The van der Waals surface area contributed by atoms with E-state index in [9.17, 15) is 9.59 Å². The summed E-state index contributed by atoms with van der Waals surface area (Å²) in [5, 5.41) is 0.782. The molecule has 152 valence electrons. The molecular formula is C23H27N3O2S. The summed E-state index contributed by atoms with van der Waals surface area (Å²) in [6.45, 7) is 5.00. The van der Waals surface area contributed by atoms with E-state index in [1.54, 1.807) is 22.2 Å². The molecule has 0 aliphatic heterocycles. The van der Waals surface area contributed by atoms with Gasteiger partial charge in [0.25, 0.3) is 5.56 Å². The molecule has 4 rings (SSSR count). The molecule has 0 N–H and O–H groups in total. The highest BCUT2D eigenvalue weighted by Crippen LogP contribution is 2.33. The van der Waals surface area contributed by atoms with Crippen LogP contribution in [-0.2, 0) is 30.7 Å². The first kappa shape index (κ1) is 19.8. The van der Waals surface area contributed by atoms with Crippen LogP contribution in [0.4, 0.5) is 0 Å². The Morgan fingerprint density at radius 2 is 1.97 bits per heavy atom. The van der Waals surface area contributed by atoms with E-state index in [2.05, 4.69) is 4.98 Å². The number of aryl methyl sites for hydroxylation is 3. The zero-order valence-electron chi connectivity index (χ0n) is 17.1. The minimum absolute atomic E-state index is 0.00126. The monoisotopic (exact) mass is 409 g/mol. The largest absolute Gasteiger partial charge is 0.336 e. The van der Waals surface area contributed by atoms with Crippen LogP contribution in [0.1, 0.15) is 49.1 Å². The van der Waals surface area contributed by atoms with Gasteiger partial charge in [0.15, 0.2) is 0 Å². The molecule has 1 amide bonds. The SMILES string of the molecule is CC(C)N(Cc1ccccc1)C(=O)CCn1cnc2sc3c(c2c1=O)CCCC3. The van der Waals surface area contributed by atoms with Crippen LogP contribution in [-0.4, -0.2) is 26.4 Å². The molecule has 0 radical (unpaired) electrons. The zero-order chi connectivity index (χ0) is 20.4. The summed E-state index contributed by atoms with van der Waals surface area (Å²) in [6, 6.07) is 10.1. The third kappa shape index (κ3) is 4.13. The lowest BCUT2D eigenvalue weighted by molar-refractivity contribution is -0.133. The molecule has 6 heteroatoms. The Morgan fingerprint density at radius 3 is 2.72 bits per heavy atom. The van der Waals surface area contributed by atoms with Crippen molar-refractivity contribution in [2.45, 2.75) is 65.1 Å². The van der Waals surface area contributed by atoms with Gasteiger partial charge in [0.1, 0.15) is 4.83 Å². The van der Waals surface area contributed by atoms with Gasteiger partial charge in [-0.2, -0.15) is 0 Å². The second-order valence-corrected chi connectivity index (χ2v) is 9.07. The first-order valence-corrected chi connectivity index (χ1v) is 11.2. The Kier molecular flexibility index (Phi) is 5.81. The number of rotatable bonds is 6. The van der Waals surface area contributed by atoms with E-state index in [4.69, 9.17) is 0 Å². The number of fused-ring (bicyclic) bond motifs is 3. The van der Waals surface area contributed by atoms with Crippen LogP contribution in [0.3, 0.4) is 0 Å². The molecule has 0 fully saturated rings. The molecule has 0 atom stereocenters. The molecule has 3 aromatic rings. The van der Waals surface area contributed by atoms with Crippen molar-refractivity contribution in [3.8, 4) is 0 Å². The van der Waals surface area contributed by atoms with Gasteiger partial charge in [-0.1, -0.05) is 30.3 Å². The Labute approximate surface area is 175 Å². The van der Waals surface area contributed by atoms with Crippen molar-refractivity contribution in [1.29, 1.82) is 0 Å². The van der Waals surface area contributed by atoms with Crippen LogP contribution in [0.5, 0.6) is 0 Å². The van der Waals surface area contributed by atoms with E-state index < -0.39 is 0 Å². The van der Waals surface area contributed by atoms with Crippen molar-refractivity contribution < 1.29 is 4.79 Å². The van der Waals surface area contributed by atoms with Gasteiger partial charge < -0.3 is 4.90 Å². The lowest BCUT2D eigenvalue weighted by Crippen LogP contribution is -2.37. The molecule has 0 spiro atoms. The van der Waals surface area contributed by atoms with E-state index in [0.29, 0.717) is 19.5 Å². The number of hydrogen-bond acceptors (Lipinski definition) is 4. The number of aromatic nitrogens is 2. The number of nitrogens with zero attached hydrogens (tertiary/aromatic N) is 3. The first-order chi connectivity index (χ1) is 14.0. The summed E-state index contributed by atoms with van der Waals surface area (Å²) in [5.74, 6) is 0.0585. The predicted molar refractivity (Wildman–Crippen MR) is 117 cm³/mol. The van der Waals surface area contributed by atoms with E-state index in [1.807, 2.05) is 49.1 Å². The molecule has 29 heavy (non-hydrogen) atoms. The average Bonchev–Trinajstić information content (AvgIpc) is 3.11. The summed E-state index contributed by atoms with van der Waals surface area (Å²) in [6.07, 6.45) is 6.25. The van der Waals surface area contributed by atoms with Crippen molar-refractivity contribution in [2.75, 3.05) is 0 Å². The topological polar surface area (TPSA) is 55.2 Å². The average molecular weight is 410 g/mol. The number of carbonyl (C=O) groups is 1. The first-order valence-electron chi connectivity index (χ1n) is 10.4. The van der Waals surface area contributed by atoms with Crippen LogP contribution in [0.2, 0.25) is 0 Å². The van der Waals surface area contributed by atoms with Gasteiger partial charge in [-0.05, 0) is 50.7 Å². The predicted octanol–water partition coefficient (Wildman–Crippen LogP) is 4.16. The van der Waals surface area contributed by atoms with Crippen LogP contribution in [0.15, 0.2) is 41.5 Å². The number of benzene rings is 1. The van der Waals surface area contributed by atoms with Crippen molar-refractivity contribution in [2.24, 2.45) is 0 Å². The molecule has 0 saturated carbocycles. The van der Waals surface area contributed by atoms with Gasteiger partial charge in [0.05, 0.1) is 11.7 Å². The van der Waals surface area contributed by atoms with Crippen LogP contribution < -0.4 is 5.56 Å². The van der Waals surface area contributed by atoms with E-state index >= 15 is 0 Å². The van der Waals surface area contributed by atoms with E-state index in [-0.39, 0.29) is 17.5 Å². The van der Waals surface area contributed by atoms with Gasteiger partial charge in [-0.3, -0.25) is 14.2 Å². The minimum atomic E-state index is 0.00126. The quantitative estimate of drug-likeness (QED) is 0.614. The highest BCUT2D eigenvalue weighted by Gasteiger charge is 2.21. The summed E-state index contributed by atoms with van der Waals surface area (Å²) in [5.41, 5.74) is 2.31. The fourth-order valence-electron chi connectivity index (χ4n) is 4.04. The highest BCUT2D eigenvalue weighted by atomic mass is 32.1. The maximum atomic E-state index is 13.1. The lowest BCUT2D eigenvalue weighted by Gasteiger charge is -2.27. The summed E-state index contributed by atoms with van der Waals surface area (Å²) in [7, 11) is 0. The minimum Gasteiger partial charge on any atom is -0.336 e. The van der Waals surface area contributed by atoms with Gasteiger partial charge in [-0.15, -0.1) is 11.3 Å². The fourth-order valence-corrected chi connectivity index (χ4v) is 5.26. The molecule has 5 nitrogen and oxygen atoms in total. The standard InChI is InChI=1S/C23H27N3O2S/c1-16(2)26(14-17-8-4-3-5-9-17)20(27)12-13-25-15-24-22-21(23(25)28)18-10-6-7-11-19(18)29-22/h3-5,8-9,15-16H,6-7,10-14H2,1-2H3. The van der Waals surface area contributed by atoms with Crippen LogP contribution in [0.25, 0.3) is 10.2 Å². The number of thiophene rings is 1. The molecule has 1 aromatic carbocycles. The van der Waals surface area contributed by atoms with Gasteiger partial charge in [0, 0.05) is 30.4 Å². The van der Waals surface area contributed by atoms with Gasteiger partial charge in [-0.25, -0.2) is 4.98 Å². The smallest absolute Gasteiger partial charge is 0.262 e. The van der Waals surface area contributed by atoms with Crippen LogP contribution >= 0.6 is 11.3 Å². The molecule has 1 aliphatic carbocycles. The molecule has 2 heterocycles. The number of amides is 1. The Hall–Kier alpha value is -2.47. The van der Waals surface area contributed by atoms with Crippen LogP contribution in [0, 0.1) is 0 Å². The maximum Gasteiger partial charge on any atom is 0.262 e. The van der Waals surface area contributed by atoms with Gasteiger partial charge >= 0.3 is 0 Å². The number of carbonyl (C=O) groups excluding carboxylic acids is 1. The zero-order valence-corrected chi connectivity index (χ0v) is 17.9. The summed E-state index contributed by atoms with van der Waals surface area (Å²) >= 11 is 1.66. The summed E-state index contributed by atoms with van der Waals surface area (Å²) in [4.78, 5) is 34.6. The molecule has 0 saturated heterocycles. The van der Waals surface area contributed by atoms with Gasteiger partial charge in [0.2, 0.25) is 5.91 Å². The van der Waals surface area contributed by atoms with E-state index in [0.717, 1.165) is 35.0 Å². The molecule has 2 aromatic heterocycles. The summed E-state index contributed by atoms with van der Waals surface area (Å²) < 4.78 is 1.61. The molecule has 0 bridgehead atoms. The van der Waals surface area contributed by atoms with Crippen molar-refractivity contribution in [3.05, 3.63) is 63.0 Å². The Balaban J connectivity index is 1.51. The Morgan fingerprint density at radius 1 is 1.21 bits per heavy atom. The van der Waals surface area contributed by atoms with Crippen molar-refractivity contribution in [3.63, 3.8) is 0 Å². The third-order valence-corrected chi connectivity index (χ3v) is 6.85. The third-order valence-electron chi connectivity index (χ3n) is 5.65. The normalized spacial score (nSPS) is 13.6. The lowest BCUT2D eigenvalue weighted by atomic mass is 9.97. The molecular weight excluding hydrogens is 382 g/mol. The maximum absolute atomic E-state index is 13.1. The molecule has 1 aliphatic rings. The number of hydrogen-bond donors (Lipinski definition) is 0. The molecule has 0 unspecified atom stereocenters. The highest BCUT2D eigenvalue weighted by molar-refractivity contribution is 7.18. The second kappa shape index (κ2) is 8.49. The fraction of sp³-hybridized carbons (Fsp3) is 0.435. The Bertz CT molecular complexity index is 1070.